The number of nitrogens with one attached hydrogen (secondary N) is 1. The topological polar surface area (TPSA) is 35.8 Å². The number of halogens is 2. The van der Waals surface area contributed by atoms with E-state index in [-0.39, 0.29) is 11.3 Å². The van der Waals surface area contributed by atoms with Crippen molar-refractivity contribution in [1.29, 1.82) is 5.26 Å². The van der Waals surface area contributed by atoms with Crippen LogP contribution in [0.5, 0.6) is 0 Å². The summed E-state index contributed by atoms with van der Waals surface area (Å²) in [5.41, 5.74) is -0.139. The van der Waals surface area contributed by atoms with Gasteiger partial charge in [0, 0.05) is 6.54 Å². The number of rotatable bonds is 3. The van der Waals surface area contributed by atoms with Gasteiger partial charge >= 0.3 is 0 Å². The van der Waals surface area contributed by atoms with Crippen LogP contribution in [0.25, 0.3) is 0 Å². The quantitative estimate of drug-likeness (QED) is 0.829. The smallest absolute Gasteiger partial charge is 0.150 e. The van der Waals surface area contributed by atoms with Gasteiger partial charge in [0.1, 0.15) is 5.69 Å². The van der Waals surface area contributed by atoms with E-state index in [4.69, 9.17) is 5.26 Å². The molecule has 2 nitrogen and oxygen atoms in total. The maximum atomic E-state index is 13.6. The first kappa shape index (κ1) is 12.6. The van der Waals surface area contributed by atoms with Gasteiger partial charge in [-0.05, 0) is 37.3 Å². The van der Waals surface area contributed by atoms with Crippen molar-refractivity contribution in [3.05, 3.63) is 41.5 Å². The first-order chi connectivity index (χ1) is 8.70. The SMILES string of the molecule is N#Cc1cc(F)c(NCC2CC=CCC2)c(F)c1. The van der Waals surface area contributed by atoms with Crippen LogP contribution in [0, 0.1) is 28.9 Å². The van der Waals surface area contributed by atoms with Gasteiger partial charge in [-0.15, -0.1) is 0 Å². The lowest BCUT2D eigenvalue weighted by Crippen LogP contribution is -2.16. The molecule has 0 aromatic heterocycles. The van der Waals surface area contributed by atoms with Crippen LogP contribution >= 0.6 is 0 Å². The van der Waals surface area contributed by atoms with Gasteiger partial charge in [0.2, 0.25) is 0 Å². The van der Waals surface area contributed by atoms with E-state index in [1.165, 1.54) is 0 Å². The second-order valence-corrected chi connectivity index (χ2v) is 4.46. The van der Waals surface area contributed by atoms with E-state index in [0.29, 0.717) is 12.5 Å². The Morgan fingerprint density at radius 1 is 1.28 bits per heavy atom. The molecule has 0 radical (unpaired) electrons. The van der Waals surface area contributed by atoms with Gasteiger partial charge in [-0.3, -0.25) is 0 Å². The van der Waals surface area contributed by atoms with E-state index in [1.54, 1.807) is 6.07 Å². The van der Waals surface area contributed by atoms with Gasteiger partial charge in [0.25, 0.3) is 0 Å². The second kappa shape index (κ2) is 5.63. The van der Waals surface area contributed by atoms with Gasteiger partial charge in [-0.25, -0.2) is 8.78 Å². The predicted octanol–water partition coefficient (Wildman–Crippen LogP) is 3.60. The highest BCUT2D eigenvalue weighted by Gasteiger charge is 2.14. The van der Waals surface area contributed by atoms with E-state index < -0.39 is 11.6 Å². The molecule has 1 aromatic rings. The zero-order valence-corrected chi connectivity index (χ0v) is 9.92. The maximum absolute atomic E-state index is 13.6. The lowest BCUT2D eigenvalue weighted by molar-refractivity contribution is 0.499. The van der Waals surface area contributed by atoms with Crippen molar-refractivity contribution in [2.75, 3.05) is 11.9 Å². The van der Waals surface area contributed by atoms with E-state index in [2.05, 4.69) is 17.5 Å². The van der Waals surface area contributed by atoms with Crippen LogP contribution in [0.4, 0.5) is 14.5 Å². The number of nitriles is 1. The Morgan fingerprint density at radius 3 is 2.56 bits per heavy atom. The number of nitrogens with zero attached hydrogens (tertiary/aromatic N) is 1. The molecular formula is C14H14F2N2. The number of hydrogen-bond donors (Lipinski definition) is 1. The summed E-state index contributed by atoms with van der Waals surface area (Å²) in [5, 5.41) is 11.4. The number of anilines is 1. The minimum atomic E-state index is -0.710. The standard InChI is InChI=1S/C14H14F2N2/c15-12-6-11(8-17)7-13(16)14(12)18-9-10-4-2-1-3-5-10/h1-2,6-7,10,18H,3-5,9H2. The monoisotopic (exact) mass is 248 g/mol. The van der Waals surface area contributed by atoms with Crippen LogP contribution in [0.3, 0.4) is 0 Å². The van der Waals surface area contributed by atoms with Crippen molar-refractivity contribution in [3.63, 3.8) is 0 Å². The van der Waals surface area contributed by atoms with Gasteiger partial charge in [0.05, 0.1) is 11.6 Å². The van der Waals surface area contributed by atoms with Crippen LogP contribution in [0.1, 0.15) is 24.8 Å². The van der Waals surface area contributed by atoms with E-state index >= 15 is 0 Å². The zero-order chi connectivity index (χ0) is 13.0. The Labute approximate surface area is 105 Å². The molecule has 0 aliphatic heterocycles. The summed E-state index contributed by atoms with van der Waals surface area (Å²) in [6.45, 7) is 0.546. The third kappa shape index (κ3) is 2.86. The van der Waals surface area contributed by atoms with Crippen molar-refractivity contribution in [2.24, 2.45) is 5.92 Å². The first-order valence-corrected chi connectivity index (χ1v) is 5.98. The summed E-state index contributed by atoms with van der Waals surface area (Å²) in [7, 11) is 0. The van der Waals surface area contributed by atoms with Crippen LogP contribution < -0.4 is 5.32 Å². The highest BCUT2D eigenvalue weighted by atomic mass is 19.1. The molecule has 1 aromatic carbocycles. The maximum Gasteiger partial charge on any atom is 0.150 e. The largest absolute Gasteiger partial charge is 0.380 e. The van der Waals surface area contributed by atoms with Crippen molar-refractivity contribution in [1.82, 2.24) is 0 Å². The van der Waals surface area contributed by atoms with Crippen LogP contribution in [-0.2, 0) is 0 Å². The molecule has 1 unspecified atom stereocenters. The van der Waals surface area contributed by atoms with Crippen LogP contribution in [0.15, 0.2) is 24.3 Å². The molecule has 94 valence electrons. The third-order valence-corrected chi connectivity index (χ3v) is 3.12. The fourth-order valence-electron chi connectivity index (χ4n) is 2.09. The Balaban J connectivity index is 2.05. The first-order valence-electron chi connectivity index (χ1n) is 5.98. The number of allylic oxidation sites excluding steroid dienone is 2. The second-order valence-electron chi connectivity index (χ2n) is 4.46. The summed E-state index contributed by atoms with van der Waals surface area (Å²) < 4.78 is 27.2. The molecule has 2 rings (SSSR count). The fraction of sp³-hybridized carbons (Fsp3) is 0.357. The molecule has 0 spiro atoms. The summed E-state index contributed by atoms with van der Waals surface area (Å²) >= 11 is 0. The van der Waals surface area contributed by atoms with Gasteiger partial charge in [0.15, 0.2) is 11.6 Å². The van der Waals surface area contributed by atoms with E-state index in [1.807, 2.05) is 0 Å². The Kier molecular flexibility index (Phi) is 3.93. The normalized spacial score (nSPS) is 18.4. The molecule has 1 N–H and O–H groups in total. The molecule has 4 heteroatoms. The molecule has 1 aliphatic rings. The minimum Gasteiger partial charge on any atom is -0.380 e. The van der Waals surface area contributed by atoms with Gasteiger partial charge in [-0.2, -0.15) is 5.26 Å². The van der Waals surface area contributed by atoms with Crippen molar-refractivity contribution >= 4 is 5.69 Å². The highest BCUT2D eigenvalue weighted by molar-refractivity contribution is 5.50. The summed E-state index contributed by atoms with van der Waals surface area (Å²) in [6.07, 6.45) is 7.21. The summed E-state index contributed by atoms with van der Waals surface area (Å²) in [6, 6.07) is 3.82. The van der Waals surface area contributed by atoms with Crippen molar-refractivity contribution < 1.29 is 8.78 Å². The van der Waals surface area contributed by atoms with Gasteiger partial charge in [-0.1, -0.05) is 12.2 Å². The summed E-state index contributed by atoms with van der Waals surface area (Å²) in [4.78, 5) is 0. The zero-order valence-electron chi connectivity index (χ0n) is 9.92. The molecule has 18 heavy (non-hydrogen) atoms. The molecular weight excluding hydrogens is 234 g/mol. The summed E-state index contributed by atoms with van der Waals surface area (Å²) in [5.74, 6) is -1.01. The fourth-order valence-corrected chi connectivity index (χ4v) is 2.09. The molecule has 0 saturated heterocycles. The molecule has 1 atom stereocenters. The Bertz CT molecular complexity index is 480. The highest BCUT2D eigenvalue weighted by Crippen LogP contribution is 2.23. The van der Waals surface area contributed by atoms with Gasteiger partial charge < -0.3 is 5.32 Å². The van der Waals surface area contributed by atoms with Crippen LogP contribution in [0.2, 0.25) is 0 Å². The van der Waals surface area contributed by atoms with E-state index in [0.717, 1.165) is 31.4 Å². The number of hydrogen-bond acceptors (Lipinski definition) is 2. The van der Waals surface area contributed by atoms with Crippen LogP contribution in [-0.4, -0.2) is 6.54 Å². The number of benzene rings is 1. The molecule has 1 aliphatic carbocycles. The van der Waals surface area contributed by atoms with Crippen molar-refractivity contribution in [2.45, 2.75) is 19.3 Å². The van der Waals surface area contributed by atoms with Crippen molar-refractivity contribution in [3.8, 4) is 6.07 Å². The predicted molar refractivity (Wildman–Crippen MR) is 66.0 cm³/mol. The minimum absolute atomic E-state index is 0.00357. The lowest BCUT2D eigenvalue weighted by atomic mass is 9.94. The molecule has 0 heterocycles. The average Bonchev–Trinajstić information content (AvgIpc) is 2.38. The lowest BCUT2D eigenvalue weighted by Gasteiger charge is -2.19. The average molecular weight is 248 g/mol. The Hall–Kier alpha value is -1.89. The molecule has 0 bridgehead atoms. The Morgan fingerprint density at radius 2 is 2.00 bits per heavy atom. The molecule has 0 amide bonds. The molecule has 0 fully saturated rings. The molecule has 0 saturated carbocycles. The third-order valence-electron chi connectivity index (χ3n) is 3.12. The van der Waals surface area contributed by atoms with E-state index in [9.17, 15) is 8.78 Å².